The highest BCUT2D eigenvalue weighted by Crippen LogP contribution is 2.45. The number of benzene rings is 3. The summed E-state index contributed by atoms with van der Waals surface area (Å²) in [5.41, 5.74) is 8.86. The number of likely N-dealkylation sites (N-methyl/N-ethyl adjacent to an activating group) is 1. The van der Waals surface area contributed by atoms with E-state index in [4.69, 9.17) is 14.6 Å². The Labute approximate surface area is 211 Å². The summed E-state index contributed by atoms with van der Waals surface area (Å²) < 4.78 is 12.2. The highest BCUT2D eigenvalue weighted by Gasteiger charge is 2.28. The van der Waals surface area contributed by atoms with Gasteiger partial charge in [0.15, 0.2) is 11.5 Å². The van der Waals surface area contributed by atoms with Gasteiger partial charge in [-0.05, 0) is 66.9 Å². The summed E-state index contributed by atoms with van der Waals surface area (Å²) in [6.45, 7) is 5.36. The second-order valence-electron chi connectivity index (χ2n) is 9.66. The van der Waals surface area contributed by atoms with E-state index in [0.29, 0.717) is 0 Å². The lowest BCUT2D eigenvalue weighted by Crippen LogP contribution is -2.40. The summed E-state index contributed by atoms with van der Waals surface area (Å²) in [5.74, 6) is 1.87. The number of aromatic hydroxyl groups is 1. The molecule has 0 saturated carbocycles. The van der Waals surface area contributed by atoms with Crippen LogP contribution in [0.5, 0.6) is 17.2 Å². The van der Waals surface area contributed by atoms with Crippen LogP contribution < -0.4 is 9.47 Å². The van der Waals surface area contributed by atoms with Crippen molar-refractivity contribution in [3.8, 4) is 50.9 Å². The summed E-state index contributed by atoms with van der Waals surface area (Å²) in [4.78, 5) is 2.44. The number of rotatable bonds is 6. The number of aromatic nitrogens is 2. The Balaban J connectivity index is 1.28. The first-order chi connectivity index (χ1) is 17.6. The Hall–Kier alpha value is -3.77. The Morgan fingerprint density at radius 3 is 2.44 bits per heavy atom. The smallest absolute Gasteiger partial charge is 0.162 e. The number of likely N-dealkylation sites (tertiary alicyclic amines) is 1. The first-order valence-electron chi connectivity index (χ1n) is 12.7. The van der Waals surface area contributed by atoms with E-state index in [0.717, 1.165) is 84.0 Å². The van der Waals surface area contributed by atoms with Crippen molar-refractivity contribution < 1.29 is 14.6 Å². The molecule has 1 unspecified atom stereocenters. The highest BCUT2D eigenvalue weighted by molar-refractivity contribution is 5.83. The van der Waals surface area contributed by atoms with Crippen molar-refractivity contribution >= 4 is 0 Å². The largest absolute Gasteiger partial charge is 0.508 e. The van der Waals surface area contributed by atoms with Gasteiger partial charge in [-0.3, -0.25) is 10.00 Å². The van der Waals surface area contributed by atoms with Crippen molar-refractivity contribution in [2.75, 3.05) is 26.7 Å². The lowest BCUT2D eigenvalue weighted by Gasteiger charge is -2.32. The molecule has 1 aliphatic carbocycles. The van der Waals surface area contributed by atoms with E-state index in [2.05, 4.69) is 53.3 Å². The third-order valence-corrected chi connectivity index (χ3v) is 7.46. The topological polar surface area (TPSA) is 70.6 Å². The number of hydrogen-bond acceptors (Lipinski definition) is 5. The lowest BCUT2D eigenvalue weighted by molar-refractivity contribution is 0.0895. The van der Waals surface area contributed by atoms with Gasteiger partial charge in [0.25, 0.3) is 0 Å². The summed E-state index contributed by atoms with van der Waals surface area (Å²) in [7, 11) is 1.71. The molecule has 0 radical (unpaired) electrons. The maximum absolute atomic E-state index is 9.56. The molecule has 1 fully saturated rings. The van der Waals surface area contributed by atoms with Crippen LogP contribution in [-0.2, 0) is 6.42 Å². The molecule has 2 aliphatic rings. The highest BCUT2D eigenvalue weighted by atomic mass is 16.5. The van der Waals surface area contributed by atoms with E-state index >= 15 is 0 Å². The third kappa shape index (κ3) is 4.11. The van der Waals surface area contributed by atoms with Crippen LogP contribution in [0.25, 0.3) is 33.6 Å². The van der Waals surface area contributed by atoms with Crippen molar-refractivity contribution in [3.05, 3.63) is 71.8 Å². The first kappa shape index (κ1) is 22.7. The van der Waals surface area contributed by atoms with Crippen LogP contribution in [0.1, 0.15) is 30.9 Å². The van der Waals surface area contributed by atoms with E-state index in [9.17, 15) is 5.11 Å². The standard InChI is InChI=1S/C30H31N3O3/c1-3-33-14-4-5-24(18-33)36-28-17-25-22(16-27(28)35-2)15-26-29(31-32-30(25)26)21-8-6-19(7-9-21)20-10-12-23(34)13-11-20/h6-13,16-17,24,34H,3-5,14-15,18H2,1-2H3,(H,31,32). The van der Waals surface area contributed by atoms with Crippen molar-refractivity contribution in [3.63, 3.8) is 0 Å². The summed E-state index contributed by atoms with van der Waals surface area (Å²) in [6.07, 6.45) is 3.21. The molecule has 0 spiro atoms. The SMILES string of the molecule is CCN1CCCC(Oc2cc3c(cc2OC)Cc2c(-c4ccc(-c5ccc(O)cc5)cc4)n[nH]c2-3)C1. The maximum atomic E-state index is 9.56. The Morgan fingerprint density at radius 1 is 1.00 bits per heavy atom. The minimum atomic E-state index is 0.177. The fourth-order valence-electron chi connectivity index (χ4n) is 5.47. The molecular weight excluding hydrogens is 450 g/mol. The van der Waals surface area contributed by atoms with Gasteiger partial charge in [-0.2, -0.15) is 5.10 Å². The molecule has 6 rings (SSSR count). The number of hydrogen-bond donors (Lipinski definition) is 2. The molecule has 3 aromatic carbocycles. The molecule has 6 nitrogen and oxygen atoms in total. The molecule has 2 N–H and O–H groups in total. The van der Waals surface area contributed by atoms with Crippen molar-refractivity contribution in [2.24, 2.45) is 0 Å². The predicted octanol–water partition coefficient (Wildman–Crippen LogP) is 5.89. The van der Waals surface area contributed by atoms with Crippen LogP contribution in [-0.4, -0.2) is 53.1 Å². The van der Waals surface area contributed by atoms with Crippen molar-refractivity contribution in [1.82, 2.24) is 15.1 Å². The first-order valence-corrected chi connectivity index (χ1v) is 12.7. The summed E-state index contributed by atoms with van der Waals surface area (Å²) in [5, 5.41) is 17.5. The molecule has 1 atom stereocenters. The number of methoxy groups -OCH3 is 1. The van der Waals surface area contributed by atoms with Crippen LogP contribution in [0.15, 0.2) is 60.7 Å². The van der Waals surface area contributed by atoms with Crippen LogP contribution in [0.4, 0.5) is 0 Å². The van der Waals surface area contributed by atoms with E-state index in [1.54, 1.807) is 19.2 Å². The number of nitrogens with one attached hydrogen (secondary N) is 1. The van der Waals surface area contributed by atoms with Crippen LogP contribution in [0.3, 0.4) is 0 Å². The van der Waals surface area contributed by atoms with Gasteiger partial charge in [-0.15, -0.1) is 0 Å². The normalized spacial score (nSPS) is 17.0. The number of nitrogens with zero attached hydrogens (tertiary/aromatic N) is 2. The minimum Gasteiger partial charge on any atom is -0.508 e. The van der Waals surface area contributed by atoms with E-state index < -0.39 is 0 Å². The fraction of sp³-hybridized carbons (Fsp3) is 0.300. The zero-order chi connectivity index (χ0) is 24.6. The van der Waals surface area contributed by atoms with Gasteiger partial charge in [-0.1, -0.05) is 43.3 Å². The van der Waals surface area contributed by atoms with Gasteiger partial charge < -0.3 is 14.6 Å². The van der Waals surface area contributed by atoms with E-state index in [1.807, 2.05) is 12.1 Å². The molecule has 36 heavy (non-hydrogen) atoms. The molecule has 0 bridgehead atoms. The number of aromatic amines is 1. The molecule has 6 heteroatoms. The van der Waals surface area contributed by atoms with E-state index in [1.165, 1.54) is 11.1 Å². The number of H-pyrrole nitrogens is 1. The second kappa shape index (κ2) is 9.36. The van der Waals surface area contributed by atoms with Crippen molar-refractivity contribution in [1.29, 1.82) is 0 Å². The zero-order valence-corrected chi connectivity index (χ0v) is 20.8. The Kier molecular flexibility index (Phi) is 5.89. The average Bonchev–Trinajstić information content (AvgIpc) is 3.48. The Morgan fingerprint density at radius 2 is 1.72 bits per heavy atom. The lowest BCUT2D eigenvalue weighted by atomic mass is 10.0. The molecule has 4 aromatic rings. The molecule has 2 heterocycles. The predicted molar refractivity (Wildman–Crippen MR) is 142 cm³/mol. The van der Waals surface area contributed by atoms with Gasteiger partial charge >= 0.3 is 0 Å². The molecule has 1 aromatic heterocycles. The number of fused-ring (bicyclic) bond motifs is 3. The summed E-state index contributed by atoms with van der Waals surface area (Å²) >= 11 is 0. The second-order valence-corrected chi connectivity index (χ2v) is 9.66. The molecule has 0 amide bonds. The quantitative estimate of drug-likeness (QED) is 0.316. The van der Waals surface area contributed by atoms with Gasteiger partial charge in [0, 0.05) is 29.7 Å². The fourth-order valence-corrected chi connectivity index (χ4v) is 5.47. The van der Waals surface area contributed by atoms with Gasteiger partial charge in [0.05, 0.1) is 18.5 Å². The molecular formula is C30H31N3O3. The van der Waals surface area contributed by atoms with Gasteiger partial charge in [0.1, 0.15) is 11.9 Å². The van der Waals surface area contributed by atoms with Crippen molar-refractivity contribution in [2.45, 2.75) is 32.3 Å². The molecule has 184 valence electrons. The molecule has 1 saturated heterocycles. The number of phenols is 1. The molecule has 1 aliphatic heterocycles. The monoisotopic (exact) mass is 481 g/mol. The zero-order valence-electron chi connectivity index (χ0n) is 20.8. The number of phenolic OH excluding ortho intramolecular Hbond substituents is 1. The maximum Gasteiger partial charge on any atom is 0.162 e. The van der Waals surface area contributed by atoms with Gasteiger partial charge in [0.2, 0.25) is 0 Å². The van der Waals surface area contributed by atoms with Crippen LogP contribution in [0.2, 0.25) is 0 Å². The van der Waals surface area contributed by atoms with Gasteiger partial charge in [-0.25, -0.2) is 0 Å². The summed E-state index contributed by atoms with van der Waals surface area (Å²) in [6, 6.07) is 19.9. The minimum absolute atomic E-state index is 0.177. The number of ether oxygens (including phenoxy) is 2. The third-order valence-electron chi connectivity index (χ3n) is 7.46. The van der Waals surface area contributed by atoms with E-state index in [-0.39, 0.29) is 11.9 Å². The average molecular weight is 482 g/mol. The number of piperidine rings is 1. The Bertz CT molecular complexity index is 1380. The van der Waals surface area contributed by atoms with Crippen LogP contribution >= 0.6 is 0 Å². The van der Waals surface area contributed by atoms with Crippen LogP contribution in [0, 0.1) is 0 Å².